The highest BCUT2D eigenvalue weighted by molar-refractivity contribution is 6.06. The van der Waals surface area contributed by atoms with Crippen molar-refractivity contribution >= 4 is 11.6 Å². The van der Waals surface area contributed by atoms with Gasteiger partial charge in [-0.05, 0) is 36.6 Å². The largest absolute Gasteiger partial charge is 0.326 e. The molecule has 1 aliphatic rings. The van der Waals surface area contributed by atoms with E-state index < -0.39 is 0 Å². The summed E-state index contributed by atoms with van der Waals surface area (Å²) in [6.45, 7) is 0.506. The topological polar surface area (TPSA) is 72.1 Å². The maximum absolute atomic E-state index is 12.6. The maximum Gasteiger partial charge on any atom is 0.260 e. The molecule has 0 aliphatic heterocycles. The molecule has 2 N–H and O–H groups in total. The number of anilines is 1. The molecule has 0 bridgehead atoms. The van der Waals surface area contributed by atoms with Crippen LogP contribution in [0.2, 0.25) is 0 Å². The maximum atomic E-state index is 12.6. The summed E-state index contributed by atoms with van der Waals surface area (Å²) < 4.78 is 0. The Balaban J connectivity index is 1.90. The predicted molar refractivity (Wildman–Crippen MR) is 76.2 cm³/mol. The smallest absolute Gasteiger partial charge is 0.260 e. The number of rotatable bonds is 4. The minimum absolute atomic E-state index is 0.0251. The number of nitrogens with zero attached hydrogens (tertiary/aromatic N) is 3. The van der Waals surface area contributed by atoms with Crippen LogP contribution < -0.4 is 10.6 Å². The van der Waals surface area contributed by atoms with Crippen LogP contribution in [0.25, 0.3) is 0 Å². The first kappa shape index (κ1) is 12.7. The predicted octanol–water partition coefficient (Wildman–Crippen LogP) is 1.74. The highest BCUT2D eigenvalue weighted by Gasteiger charge is 2.34. The van der Waals surface area contributed by atoms with Crippen LogP contribution in [-0.2, 0) is 6.54 Å². The third-order valence-corrected chi connectivity index (χ3v) is 3.41. The zero-order valence-electron chi connectivity index (χ0n) is 11.1. The van der Waals surface area contributed by atoms with Crippen LogP contribution in [-0.4, -0.2) is 22.1 Å². The van der Waals surface area contributed by atoms with Gasteiger partial charge in [0.25, 0.3) is 5.91 Å². The number of amides is 1. The fourth-order valence-electron chi connectivity index (χ4n) is 2.18. The summed E-state index contributed by atoms with van der Waals surface area (Å²) in [7, 11) is 0. The lowest BCUT2D eigenvalue weighted by Crippen LogP contribution is -2.33. The Hall–Kier alpha value is -2.27. The van der Waals surface area contributed by atoms with E-state index in [9.17, 15) is 4.79 Å². The van der Waals surface area contributed by atoms with Crippen molar-refractivity contribution in [3.05, 3.63) is 53.9 Å². The molecule has 1 aromatic heterocycles. The van der Waals surface area contributed by atoms with Crippen molar-refractivity contribution in [3.8, 4) is 0 Å². The van der Waals surface area contributed by atoms with Crippen molar-refractivity contribution in [1.29, 1.82) is 0 Å². The molecule has 1 aromatic carbocycles. The average Bonchev–Trinajstić information content (AvgIpc) is 3.34. The summed E-state index contributed by atoms with van der Waals surface area (Å²) >= 11 is 0. The second kappa shape index (κ2) is 5.38. The second-order valence-electron chi connectivity index (χ2n) is 4.91. The van der Waals surface area contributed by atoms with E-state index in [1.807, 2.05) is 29.2 Å². The summed E-state index contributed by atoms with van der Waals surface area (Å²) in [5, 5.41) is 7.48. The molecule has 1 saturated carbocycles. The van der Waals surface area contributed by atoms with E-state index in [1.165, 1.54) is 12.4 Å². The molecule has 5 nitrogen and oxygen atoms in total. The molecule has 1 amide bonds. The van der Waals surface area contributed by atoms with Gasteiger partial charge in [0.2, 0.25) is 0 Å². The Kier molecular flexibility index (Phi) is 3.43. The van der Waals surface area contributed by atoms with E-state index in [0.717, 1.165) is 24.1 Å². The first-order chi connectivity index (χ1) is 9.79. The van der Waals surface area contributed by atoms with Crippen LogP contribution in [0.3, 0.4) is 0 Å². The van der Waals surface area contributed by atoms with Gasteiger partial charge < -0.3 is 10.6 Å². The van der Waals surface area contributed by atoms with Gasteiger partial charge in [0.05, 0.1) is 18.0 Å². The number of benzene rings is 1. The highest BCUT2D eigenvalue weighted by Crippen LogP contribution is 2.33. The second-order valence-corrected chi connectivity index (χ2v) is 4.91. The fraction of sp³-hybridized carbons (Fsp3) is 0.267. The third kappa shape index (κ3) is 2.53. The van der Waals surface area contributed by atoms with E-state index >= 15 is 0 Å². The quantitative estimate of drug-likeness (QED) is 0.916. The van der Waals surface area contributed by atoms with Crippen molar-refractivity contribution < 1.29 is 4.79 Å². The molecule has 3 rings (SSSR count). The van der Waals surface area contributed by atoms with Gasteiger partial charge in [0, 0.05) is 18.3 Å². The first-order valence-corrected chi connectivity index (χ1v) is 6.69. The lowest BCUT2D eigenvalue weighted by Gasteiger charge is -2.22. The zero-order valence-corrected chi connectivity index (χ0v) is 11.1. The Labute approximate surface area is 117 Å². The summed E-state index contributed by atoms with van der Waals surface area (Å²) in [4.78, 5) is 14.5. The minimum Gasteiger partial charge on any atom is -0.326 e. The van der Waals surface area contributed by atoms with E-state index in [-0.39, 0.29) is 5.91 Å². The van der Waals surface area contributed by atoms with Gasteiger partial charge >= 0.3 is 0 Å². The number of aromatic nitrogens is 2. The number of nitrogens with two attached hydrogens (primary N) is 1. The minimum atomic E-state index is -0.0251. The monoisotopic (exact) mass is 268 g/mol. The van der Waals surface area contributed by atoms with E-state index in [2.05, 4.69) is 10.2 Å². The van der Waals surface area contributed by atoms with Gasteiger partial charge in [-0.3, -0.25) is 4.79 Å². The molecule has 0 saturated heterocycles. The molecule has 102 valence electrons. The molecule has 2 aromatic rings. The van der Waals surface area contributed by atoms with E-state index in [0.29, 0.717) is 18.2 Å². The Bertz CT molecular complexity index is 593. The Morgan fingerprint density at radius 3 is 2.50 bits per heavy atom. The zero-order chi connectivity index (χ0) is 13.9. The molecule has 20 heavy (non-hydrogen) atoms. The fourth-order valence-corrected chi connectivity index (χ4v) is 2.18. The van der Waals surface area contributed by atoms with Crippen LogP contribution >= 0.6 is 0 Å². The van der Waals surface area contributed by atoms with Gasteiger partial charge in [-0.15, -0.1) is 0 Å². The lowest BCUT2D eigenvalue weighted by atomic mass is 10.1. The number of hydrogen-bond acceptors (Lipinski definition) is 4. The number of hydrogen-bond donors (Lipinski definition) is 1. The Morgan fingerprint density at radius 1 is 1.20 bits per heavy atom. The van der Waals surface area contributed by atoms with Crippen LogP contribution in [0.15, 0.2) is 42.7 Å². The first-order valence-electron chi connectivity index (χ1n) is 6.69. The summed E-state index contributed by atoms with van der Waals surface area (Å²) in [5.41, 5.74) is 8.13. The van der Waals surface area contributed by atoms with E-state index in [1.54, 1.807) is 6.07 Å². The van der Waals surface area contributed by atoms with Gasteiger partial charge in [0.15, 0.2) is 0 Å². The number of carbonyl (C=O) groups excluding carboxylic acids is 1. The summed E-state index contributed by atoms with van der Waals surface area (Å²) in [6.07, 6.45) is 5.13. The summed E-state index contributed by atoms with van der Waals surface area (Å²) in [6, 6.07) is 9.81. The standard InChI is InChI=1S/C15H16N4O/c16-9-11-1-3-13(4-2-11)19(14-5-6-14)15(20)12-7-8-17-18-10-12/h1-4,7-8,10,14H,5-6,9,16H2. The van der Waals surface area contributed by atoms with Crippen LogP contribution in [0, 0.1) is 0 Å². The van der Waals surface area contributed by atoms with Crippen molar-refractivity contribution in [3.63, 3.8) is 0 Å². The molecular formula is C15H16N4O. The summed E-state index contributed by atoms with van der Waals surface area (Å²) in [5.74, 6) is -0.0251. The van der Waals surface area contributed by atoms with Crippen molar-refractivity contribution in [2.45, 2.75) is 25.4 Å². The molecular weight excluding hydrogens is 252 g/mol. The molecule has 5 heteroatoms. The SMILES string of the molecule is NCc1ccc(N(C(=O)c2ccnnc2)C2CC2)cc1. The van der Waals surface area contributed by atoms with Crippen molar-refractivity contribution in [2.75, 3.05) is 4.90 Å². The van der Waals surface area contributed by atoms with E-state index in [4.69, 9.17) is 5.73 Å². The molecule has 0 atom stereocenters. The highest BCUT2D eigenvalue weighted by atomic mass is 16.2. The molecule has 0 unspecified atom stereocenters. The lowest BCUT2D eigenvalue weighted by molar-refractivity contribution is 0.0984. The molecule has 0 spiro atoms. The normalized spacial score (nSPS) is 14.1. The van der Waals surface area contributed by atoms with Gasteiger partial charge in [0.1, 0.15) is 0 Å². The molecule has 1 heterocycles. The number of carbonyl (C=O) groups is 1. The third-order valence-electron chi connectivity index (χ3n) is 3.41. The van der Waals surface area contributed by atoms with Gasteiger partial charge in [-0.25, -0.2) is 0 Å². The van der Waals surface area contributed by atoms with Gasteiger partial charge in [-0.1, -0.05) is 12.1 Å². The molecule has 0 radical (unpaired) electrons. The van der Waals surface area contributed by atoms with Crippen LogP contribution in [0.4, 0.5) is 5.69 Å². The van der Waals surface area contributed by atoms with Crippen LogP contribution in [0.1, 0.15) is 28.8 Å². The molecule has 1 aliphatic carbocycles. The van der Waals surface area contributed by atoms with Crippen molar-refractivity contribution in [2.24, 2.45) is 5.73 Å². The Morgan fingerprint density at radius 2 is 1.95 bits per heavy atom. The van der Waals surface area contributed by atoms with Crippen molar-refractivity contribution in [1.82, 2.24) is 10.2 Å². The van der Waals surface area contributed by atoms with Crippen LogP contribution in [0.5, 0.6) is 0 Å². The van der Waals surface area contributed by atoms with Gasteiger partial charge in [-0.2, -0.15) is 10.2 Å². The molecule has 1 fully saturated rings. The average molecular weight is 268 g/mol.